The lowest BCUT2D eigenvalue weighted by Crippen LogP contribution is -2.86. The Morgan fingerprint density at radius 1 is 1.14 bits per heavy atom. The van der Waals surface area contributed by atoms with Crippen LogP contribution in [0.1, 0.15) is 35.8 Å². The summed E-state index contributed by atoms with van der Waals surface area (Å²) in [6.07, 6.45) is 0. The van der Waals surface area contributed by atoms with E-state index >= 15 is 0 Å². The molecule has 0 bridgehead atoms. The number of nitrogens with one attached hydrogen (secondary N) is 1. The number of carbonyl (C=O) groups is 2. The van der Waals surface area contributed by atoms with Crippen molar-refractivity contribution < 1.29 is 19.6 Å². The Kier molecular flexibility index (Phi) is 7.10. The largest absolute Gasteiger partial charge is 0.462 e. The van der Waals surface area contributed by atoms with Gasteiger partial charge in [0, 0.05) is 16.5 Å². The van der Waals surface area contributed by atoms with Gasteiger partial charge in [-0.05, 0) is 26.0 Å². The molecule has 0 aliphatic carbocycles. The first-order valence-corrected chi connectivity index (χ1v) is 10.4. The van der Waals surface area contributed by atoms with Crippen molar-refractivity contribution in [2.75, 3.05) is 18.5 Å². The third kappa shape index (κ3) is 5.73. The van der Waals surface area contributed by atoms with E-state index in [1.165, 1.54) is 16.9 Å². The van der Waals surface area contributed by atoms with Crippen LogP contribution < -0.4 is 10.6 Å². The van der Waals surface area contributed by atoms with Crippen LogP contribution in [0.15, 0.2) is 60.0 Å². The number of carbonyl (C=O) groups excluding carboxylic acids is 2. The number of ether oxygens (including phenoxy) is 1. The third-order valence-corrected chi connectivity index (χ3v) is 5.18. The summed E-state index contributed by atoms with van der Waals surface area (Å²) in [5.41, 5.74) is 3.31. The molecule has 0 aliphatic heterocycles. The van der Waals surface area contributed by atoms with Crippen LogP contribution in [-0.4, -0.2) is 30.0 Å². The molecule has 0 saturated carbocycles. The highest BCUT2D eigenvalue weighted by atomic mass is 32.1. The maximum atomic E-state index is 12.2. The molecule has 3 N–H and O–H groups in total. The van der Waals surface area contributed by atoms with Crippen molar-refractivity contribution in [1.82, 2.24) is 4.98 Å². The molecular formula is C22H24N3O3S+. The van der Waals surface area contributed by atoms with Crippen molar-refractivity contribution in [2.24, 2.45) is 0 Å². The molecule has 0 spiro atoms. The van der Waals surface area contributed by atoms with E-state index < -0.39 is 0 Å². The van der Waals surface area contributed by atoms with Crippen LogP contribution in [0.25, 0.3) is 11.3 Å². The normalized spacial score (nSPS) is 11.7. The zero-order valence-corrected chi connectivity index (χ0v) is 17.2. The topological polar surface area (TPSA) is 84.9 Å². The number of benzene rings is 2. The molecule has 0 aliphatic rings. The molecule has 0 radical (unpaired) electrons. The van der Waals surface area contributed by atoms with Gasteiger partial charge in [-0.15, -0.1) is 11.3 Å². The maximum absolute atomic E-state index is 12.2. The van der Waals surface area contributed by atoms with Crippen molar-refractivity contribution in [2.45, 2.75) is 19.9 Å². The minimum absolute atomic E-state index is 0.0914. The van der Waals surface area contributed by atoms with E-state index in [-0.39, 0.29) is 17.9 Å². The van der Waals surface area contributed by atoms with Gasteiger partial charge < -0.3 is 10.1 Å². The molecule has 1 aromatic heterocycles. The van der Waals surface area contributed by atoms with E-state index in [0.29, 0.717) is 23.8 Å². The van der Waals surface area contributed by atoms with Crippen molar-refractivity contribution in [3.8, 4) is 11.3 Å². The maximum Gasteiger partial charge on any atom is 0.338 e. The zero-order chi connectivity index (χ0) is 20.6. The van der Waals surface area contributed by atoms with Crippen LogP contribution in [0.5, 0.6) is 0 Å². The number of anilines is 1. The zero-order valence-electron chi connectivity index (χ0n) is 16.4. The van der Waals surface area contributed by atoms with Crippen molar-refractivity contribution in [1.29, 1.82) is 0 Å². The summed E-state index contributed by atoms with van der Waals surface area (Å²) in [4.78, 5) is 28.5. The van der Waals surface area contributed by atoms with Gasteiger partial charge in [-0.2, -0.15) is 0 Å². The highest BCUT2D eigenvalue weighted by Gasteiger charge is 2.13. The molecule has 1 atom stereocenters. The van der Waals surface area contributed by atoms with Gasteiger partial charge in [0.2, 0.25) is 0 Å². The van der Waals surface area contributed by atoms with Crippen LogP contribution >= 0.6 is 11.3 Å². The molecule has 3 rings (SSSR count). The molecule has 29 heavy (non-hydrogen) atoms. The molecule has 2 aromatic carbocycles. The second-order valence-electron chi connectivity index (χ2n) is 6.52. The second-order valence-corrected chi connectivity index (χ2v) is 7.38. The average molecular weight is 411 g/mol. The van der Waals surface area contributed by atoms with Crippen molar-refractivity contribution >= 4 is 28.3 Å². The summed E-state index contributed by atoms with van der Waals surface area (Å²) in [5, 5.41) is 7.28. The number of rotatable bonds is 8. The number of quaternary nitrogens is 1. The molecule has 150 valence electrons. The molecule has 7 heteroatoms. The number of esters is 1. The minimum Gasteiger partial charge on any atom is -0.462 e. The van der Waals surface area contributed by atoms with E-state index in [0.717, 1.165) is 11.3 Å². The van der Waals surface area contributed by atoms with Crippen molar-refractivity contribution in [3.63, 3.8) is 0 Å². The summed E-state index contributed by atoms with van der Waals surface area (Å²) in [6.45, 7) is 4.51. The monoisotopic (exact) mass is 410 g/mol. The van der Waals surface area contributed by atoms with E-state index in [1.807, 2.05) is 41.0 Å². The fourth-order valence-electron chi connectivity index (χ4n) is 2.80. The summed E-state index contributed by atoms with van der Waals surface area (Å²) in [6, 6.07) is 17.4. The van der Waals surface area contributed by atoms with Crippen LogP contribution in [0.4, 0.5) is 5.13 Å². The van der Waals surface area contributed by atoms with Crippen molar-refractivity contribution in [3.05, 3.63) is 71.1 Å². The Hall–Kier alpha value is -3.03. The second kappa shape index (κ2) is 9.95. The molecule has 6 nitrogen and oxygen atoms in total. The van der Waals surface area contributed by atoms with Gasteiger partial charge in [-0.3, -0.25) is 10.1 Å². The number of amides is 1. The Morgan fingerprint density at radius 2 is 1.86 bits per heavy atom. The fourth-order valence-corrected chi connectivity index (χ4v) is 3.54. The lowest BCUT2D eigenvalue weighted by molar-refractivity contribution is -0.682. The Labute approximate surface area is 173 Å². The lowest BCUT2D eigenvalue weighted by atomic mass is 10.1. The van der Waals surface area contributed by atoms with Gasteiger partial charge >= 0.3 is 5.97 Å². The number of hydrogen-bond acceptors (Lipinski definition) is 5. The predicted molar refractivity (Wildman–Crippen MR) is 114 cm³/mol. The predicted octanol–water partition coefficient (Wildman–Crippen LogP) is 3.25. The first-order valence-electron chi connectivity index (χ1n) is 9.48. The molecule has 1 heterocycles. The summed E-state index contributed by atoms with van der Waals surface area (Å²) < 4.78 is 4.99. The van der Waals surface area contributed by atoms with E-state index in [9.17, 15) is 9.59 Å². The first kappa shape index (κ1) is 20.7. The number of thiazole rings is 1. The smallest absolute Gasteiger partial charge is 0.338 e. The highest BCUT2D eigenvalue weighted by Crippen LogP contribution is 2.25. The van der Waals surface area contributed by atoms with Gasteiger partial charge in [-0.25, -0.2) is 9.78 Å². The van der Waals surface area contributed by atoms with Gasteiger partial charge in [0.05, 0.1) is 17.9 Å². The lowest BCUT2D eigenvalue weighted by Gasteiger charge is -2.10. The molecule has 0 saturated heterocycles. The average Bonchev–Trinajstić information content (AvgIpc) is 3.21. The van der Waals surface area contributed by atoms with Gasteiger partial charge in [0.1, 0.15) is 6.04 Å². The summed E-state index contributed by atoms with van der Waals surface area (Å²) in [5.74, 6) is -0.433. The molecule has 0 fully saturated rings. The molecular weight excluding hydrogens is 386 g/mol. The number of nitrogens with two attached hydrogens (primary N) is 1. The van der Waals surface area contributed by atoms with Gasteiger partial charge in [0.25, 0.3) is 5.91 Å². The number of hydrogen-bond donors (Lipinski definition) is 2. The summed E-state index contributed by atoms with van der Waals surface area (Å²) in [7, 11) is 0. The van der Waals surface area contributed by atoms with E-state index in [4.69, 9.17) is 4.74 Å². The number of nitrogens with zero attached hydrogens (tertiary/aromatic N) is 1. The third-order valence-electron chi connectivity index (χ3n) is 4.42. The van der Waals surface area contributed by atoms with Crippen LogP contribution in [0.2, 0.25) is 0 Å². The van der Waals surface area contributed by atoms with E-state index in [1.54, 1.807) is 19.1 Å². The van der Waals surface area contributed by atoms with Crippen LogP contribution in [0.3, 0.4) is 0 Å². The molecule has 3 aromatic rings. The Bertz CT molecular complexity index is 955. The minimum atomic E-state index is -0.341. The quantitative estimate of drug-likeness (QED) is 0.558. The summed E-state index contributed by atoms with van der Waals surface area (Å²) >= 11 is 1.37. The Balaban J connectivity index is 1.54. The van der Waals surface area contributed by atoms with Gasteiger partial charge in [-0.1, -0.05) is 42.5 Å². The molecule has 1 amide bonds. The molecule has 0 unspecified atom stereocenters. The first-order chi connectivity index (χ1) is 14.1. The Morgan fingerprint density at radius 3 is 2.55 bits per heavy atom. The van der Waals surface area contributed by atoms with Gasteiger partial charge in [0.15, 0.2) is 11.7 Å². The number of aromatic nitrogens is 1. The van der Waals surface area contributed by atoms with Crippen LogP contribution in [-0.2, 0) is 9.53 Å². The standard InChI is InChI=1S/C22H23N3O3S/c1-3-28-21(27)18-11-9-17(10-12-18)19-14-29-22(24-19)25-20(26)13-23-15(2)16-7-5-4-6-8-16/h4-12,14-15,23H,3,13H2,1-2H3,(H,24,25,26)/p+1/t15-/m1/s1. The SMILES string of the molecule is CCOC(=O)c1ccc(-c2csc(NC(=O)C[NH2+][C@H](C)c3ccccc3)n2)cc1. The van der Waals surface area contributed by atoms with Crippen LogP contribution in [0, 0.1) is 0 Å². The van der Waals surface area contributed by atoms with E-state index in [2.05, 4.69) is 29.4 Å². The fraction of sp³-hybridized carbons (Fsp3) is 0.227. The highest BCUT2D eigenvalue weighted by molar-refractivity contribution is 7.14.